The molecule has 4 nitrogen and oxygen atoms in total. The van der Waals surface area contributed by atoms with E-state index in [2.05, 4.69) is 44.9 Å². The van der Waals surface area contributed by atoms with E-state index < -0.39 is 5.97 Å². The molecule has 1 N–H and O–H groups in total. The lowest BCUT2D eigenvalue weighted by Gasteiger charge is -2.13. The van der Waals surface area contributed by atoms with Crippen molar-refractivity contribution in [1.82, 2.24) is 0 Å². The monoisotopic (exact) mass is 438 g/mol. The van der Waals surface area contributed by atoms with Crippen LogP contribution < -0.4 is 4.65 Å². The van der Waals surface area contributed by atoms with Crippen LogP contribution in [0.5, 0.6) is 11.5 Å². The smallest absolute Gasteiger partial charge is 0.528 e. The van der Waals surface area contributed by atoms with Crippen molar-refractivity contribution < 1.29 is 19.2 Å². The Balaban J connectivity index is 1.58. The van der Waals surface area contributed by atoms with Gasteiger partial charge in [0.2, 0.25) is 0 Å². The Hall–Kier alpha value is -3.99. The molecule has 0 atom stereocenters. The lowest BCUT2D eigenvalue weighted by molar-refractivity contribution is -0.129. The first kappa shape index (κ1) is 23.7. The minimum Gasteiger partial charge on any atom is -0.528 e. The van der Waals surface area contributed by atoms with Gasteiger partial charge < -0.3 is 14.4 Å². The van der Waals surface area contributed by atoms with Gasteiger partial charge in [-0.2, -0.15) is 0 Å². The first-order chi connectivity index (χ1) is 15.9. The topological polar surface area (TPSA) is 55.8 Å². The van der Waals surface area contributed by atoms with Gasteiger partial charge in [0.25, 0.3) is 0 Å². The molecule has 0 aliphatic carbocycles. The second-order valence-electron chi connectivity index (χ2n) is 7.82. The lowest BCUT2D eigenvalue weighted by Crippen LogP contribution is -2.11. The number of phenols is 1. The van der Waals surface area contributed by atoms with Crippen molar-refractivity contribution >= 4 is 24.8 Å². The summed E-state index contributed by atoms with van der Waals surface area (Å²) < 4.78 is 10.2. The van der Waals surface area contributed by atoms with Crippen molar-refractivity contribution in [2.75, 3.05) is 0 Å². The summed E-state index contributed by atoms with van der Waals surface area (Å²) in [4.78, 5) is 11.1. The predicted molar refractivity (Wildman–Crippen MR) is 135 cm³/mol. The Morgan fingerprint density at radius 2 is 1.55 bits per heavy atom. The molecule has 0 spiro atoms. The third-order valence-corrected chi connectivity index (χ3v) is 5.36. The molecule has 0 fully saturated rings. The van der Waals surface area contributed by atoms with Crippen LogP contribution in [0.2, 0.25) is 0 Å². The van der Waals surface area contributed by atoms with Gasteiger partial charge in [-0.3, -0.25) is 0 Å². The van der Waals surface area contributed by atoms with Gasteiger partial charge in [0.05, 0.1) is 0 Å². The van der Waals surface area contributed by atoms with Crippen LogP contribution in [0.25, 0.3) is 11.1 Å². The average Bonchev–Trinajstić information content (AvgIpc) is 2.81. The van der Waals surface area contributed by atoms with Gasteiger partial charge in [-0.25, -0.2) is 4.79 Å². The molecule has 0 heterocycles. The number of aromatic hydroxyl groups is 1. The van der Waals surface area contributed by atoms with Gasteiger partial charge >= 0.3 is 13.7 Å². The SMILES string of the molecule is C=CC(=O)OBOc1ccc(C(=C)Cc2ccc(CC(=C)c3ccc(O)cc3)cc2C)cc1. The maximum absolute atomic E-state index is 11.1. The van der Waals surface area contributed by atoms with Gasteiger partial charge in [0.15, 0.2) is 0 Å². The molecule has 0 amide bonds. The van der Waals surface area contributed by atoms with Crippen molar-refractivity contribution in [2.45, 2.75) is 19.8 Å². The van der Waals surface area contributed by atoms with Gasteiger partial charge in [-0.05, 0) is 83.0 Å². The molecule has 0 unspecified atom stereocenters. The summed E-state index contributed by atoms with van der Waals surface area (Å²) in [7, 11) is -0.157. The molecule has 0 saturated carbocycles. The van der Waals surface area contributed by atoms with Gasteiger partial charge in [0.1, 0.15) is 11.5 Å². The number of carbonyl (C=O) groups is 1. The van der Waals surface area contributed by atoms with E-state index >= 15 is 0 Å². The first-order valence-corrected chi connectivity index (χ1v) is 10.6. The summed E-state index contributed by atoms with van der Waals surface area (Å²) in [5, 5.41) is 9.46. The van der Waals surface area contributed by atoms with E-state index in [9.17, 15) is 9.90 Å². The fourth-order valence-corrected chi connectivity index (χ4v) is 3.45. The number of hydrogen-bond donors (Lipinski definition) is 1. The Morgan fingerprint density at radius 3 is 2.15 bits per heavy atom. The number of benzene rings is 3. The number of phenolic OH excluding ortho intramolecular Hbond substituents is 1. The van der Waals surface area contributed by atoms with Crippen LogP contribution >= 0.6 is 0 Å². The maximum Gasteiger partial charge on any atom is 0.578 e. The maximum atomic E-state index is 11.1. The third kappa shape index (κ3) is 6.75. The molecule has 166 valence electrons. The van der Waals surface area contributed by atoms with Crippen molar-refractivity contribution in [2.24, 2.45) is 0 Å². The van der Waals surface area contributed by atoms with E-state index in [4.69, 9.17) is 9.31 Å². The molecule has 0 aliphatic heterocycles. The first-order valence-electron chi connectivity index (χ1n) is 10.6. The van der Waals surface area contributed by atoms with E-state index in [1.54, 1.807) is 12.1 Å². The van der Waals surface area contributed by atoms with Crippen molar-refractivity contribution in [3.63, 3.8) is 0 Å². The highest BCUT2D eigenvalue weighted by atomic mass is 16.6. The normalized spacial score (nSPS) is 10.2. The molecule has 3 rings (SSSR count). The van der Waals surface area contributed by atoms with E-state index in [1.807, 2.05) is 36.4 Å². The predicted octanol–water partition coefficient (Wildman–Crippen LogP) is 5.59. The van der Waals surface area contributed by atoms with Crippen LogP contribution in [0.15, 0.2) is 92.5 Å². The minimum atomic E-state index is -0.522. The molecule has 3 aromatic rings. The van der Waals surface area contributed by atoms with E-state index in [0.717, 1.165) is 41.2 Å². The molecule has 0 saturated heterocycles. The zero-order chi connectivity index (χ0) is 23.8. The summed E-state index contributed by atoms with van der Waals surface area (Å²) in [5.41, 5.74) is 7.67. The molecule has 0 bridgehead atoms. The average molecular weight is 438 g/mol. The fourth-order valence-electron chi connectivity index (χ4n) is 3.45. The van der Waals surface area contributed by atoms with Crippen molar-refractivity contribution in [3.8, 4) is 11.5 Å². The zero-order valence-electron chi connectivity index (χ0n) is 18.8. The fraction of sp³-hybridized carbons (Fsp3) is 0.107. The molecule has 3 aromatic carbocycles. The summed E-state index contributed by atoms with van der Waals surface area (Å²) in [6.07, 6.45) is 2.58. The van der Waals surface area contributed by atoms with E-state index in [1.165, 1.54) is 16.7 Å². The lowest BCUT2D eigenvalue weighted by atomic mass is 9.93. The van der Waals surface area contributed by atoms with Crippen molar-refractivity contribution in [1.29, 1.82) is 0 Å². The minimum absolute atomic E-state index is 0.157. The van der Waals surface area contributed by atoms with Crippen LogP contribution in [0.1, 0.15) is 27.8 Å². The van der Waals surface area contributed by atoms with Crippen LogP contribution in [0, 0.1) is 6.92 Å². The van der Waals surface area contributed by atoms with Crippen LogP contribution in [0.3, 0.4) is 0 Å². The van der Waals surface area contributed by atoms with Crippen molar-refractivity contribution in [3.05, 3.63) is 120 Å². The van der Waals surface area contributed by atoms with Crippen LogP contribution in [-0.4, -0.2) is 18.8 Å². The molecular formula is C28H27BO4. The standard InChI is InChI=1S/C28H27BO4/c1-5-28(31)33-29-32-27-14-10-24(11-15-27)21(4)18-25-7-6-22(17-20(25)3)16-19(2)23-8-12-26(30)13-9-23/h5-15,17,29-30H,1-2,4,16,18H2,3H3. The molecule has 0 aromatic heterocycles. The number of allylic oxidation sites excluding steroid dienone is 2. The number of aryl methyl sites for hydroxylation is 1. The highest BCUT2D eigenvalue weighted by Gasteiger charge is 2.08. The Kier molecular flexibility index (Phi) is 7.93. The third-order valence-electron chi connectivity index (χ3n) is 5.36. The second kappa shape index (κ2) is 11.0. The quantitative estimate of drug-likeness (QED) is 0.331. The summed E-state index contributed by atoms with van der Waals surface area (Å²) in [6.45, 7) is 13.9. The number of carbonyl (C=O) groups excluding carboxylic acids is 1. The Bertz CT molecular complexity index is 1160. The zero-order valence-corrected chi connectivity index (χ0v) is 18.8. The highest BCUT2D eigenvalue weighted by molar-refractivity contribution is 6.24. The molecule has 5 heteroatoms. The summed E-state index contributed by atoms with van der Waals surface area (Å²) in [5.74, 6) is 0.340. The molecule has 33 heavy (non-hydrogen) atoms. The summed E-state index contributed by atoms with van der Waals surface area (Å²) in [6, 6.07) is 21.1. The second-order valence-corrected chi connectivity index (χ2v) is 7.82. The number of rotatable bonds is 10. The Morgan fingerprint density at radius 1 is 0.939 bits per heavy atom. The van der Waals surface area contributed by atoms with E-state index in [-0.39, 0.29) is 13.4 Å². The van der Waals surface area contributed by atoms with Gasteiger partial charge in [-0.15, -0.1) is 0 Å². The van der Waals surface area contributed by atoms with Crippen LogP contribution in [0.4, 0.5) is 0 Å². The van der Waals surface area contributed by atoms with Crippen LogP contribution in [-0.2, 0) is 22.3 Å². The molecule has 0 radical (unpaired) electrons. The summed E-state index contributed by atoms with van der Waals surface area (Å²) >= 11 is 0. The van der Waals surface area contributed by atoms with Gasteiger partial charge in [0, 0.05) is 6.08 Å². The van der Waals surface area contributed by atoms with E-state index in [0.29, 0.717) is 5.75 Å². The van der Waals surface area contributed by atoms with Gasteiger partial charge in [-0.1, -0.05) is 62.2 Å². The highest BCUT2D eigenvalue weighted by Crippen LogP contribution is 2.25. The number of hydrogen-bond acceptors (Lipinski definition) is 4. The molecular weight excluding hydrogens is 411 g/mol. The Labute approximate surface area is 195 Å². The molecule has 0 aliphatic rings. The largest absolute Gasteiger partial charge is 0.578 e.